The van der Waals surface area contributed by atoms with Gasteiger partial charge in [0.2, 0.25) is 5.91 Å². The van der Waals surface area contributed by atoms with Crippen molar-refractivity contribution in [3.05, 3.63) is 24.3 Å². The van der Waals surface area contributed by atoms with E-state index in [-0.39, 0.29) is 19.1 Å². The molecular formula is C63H126N2O6P+. The summed E-state index contributed by atoms with van der Waals surface area (Å²) in [6, 6.07) is -0.844. The molecular weight excluding hydrogens is 912 g/mol. The molecule has 0 aromatic rings. The predicted octanol–water partition coefficient (Wildman–Crippen LogP) is 19.5. The number of aliphatic hydroxyl groups is 1. The summed E-state index contributed by atoms with van der Waals surface area (Å²) in [6.45, 7) is 4.86. The van der Waals surface area contributed by atoms with E-state index in [0.29, 0.717) is 17.4 Å². The molecule has 0 heterocycles. The van der Waals surface area contributed by atoms with Crippen LogP contribution in [0.2, 0.25) is 0 Å². The van der Waals surface area contributed by atoms with Crippen LogP contribution < -0.4 is 5.32 Å². The van der Waals surface area contributed by atoms with Gasteiger partial charge in [-0.2, -0.15) is 0 Å². The number of hydrogen-bond donors (Lipinski definition) is 3. The van der Waals surface area contributed by atoms with Gasteiger partial charge in [-0.25, -0.2) is 4.57 Å². The van der Waals surface area contributed by atoms with Crippen molar-refractivity contribution in [2.75, 3.05) is 40.9 Å². The summed E-state index contributed by atoms with van der Waals surface area (Å²) in [5, 5.41) is 14.0. The van der Waals surface area contributed by atoms with Crippen LogP contribution >= 0.6 is 7.82 Å². The SMILES string of the molecule is CCCCCCCCCCCCCC/C=C\CCCCCCCCCCCCCCCCCCCC(=O)NC(COP(=O)(O)OCC[N+](C)(C)C)C(O)/C=C/CCCCCCCCCCCCCCCCC. The van der Waals surface area contributed by atoms with Crippen molar-refractivity contribution in [3.8, 4) is 0 Å². The molecule has 0 bridgehead atoms. The Morgan fingerprint density at radius 2 is 0.750 bits per heavy atom. The van der Waals surface area contributed by atoms with Crippen LogP contribution in [0.4, 0.5) is 0 Å². The highest BCUT2D eigenvalue weighted by molar-refractivity contribution is 7.47. The molecule has 0 radical (unpaired) electrons. The molecule has 0 spiro atoms. The lowest BCUT2D eigenvalue weighted by atomic mass is 10.0. The summed E-state index contributed by atoms with van der Waals surface area (Å²) < 4.78 is 23.7. The van der Waals surface area contributed by atoms with Gasteiger partial charge in [-0.05, 0) is 44.9 Å². The monoisotopic (exact) mass is 1040 g/mol. The third-order valence-corrected chi connectivity index (χ3v) is 15.6. The first-order chi connectivity index (χ1) is 35.0. The first kappa shape index (κ1) is 71.0. The Hall–Kier alpha value is -1.02. The minimum absolute atomic E-state index is 0.0640. The van der Waals surface area contributed by atoms with Crippen LogP contribution in [0.3, 0.4) is 0 Å². The molecule has 0 saturated carbocycles. The first-order valence-corrected chi connectivity index (χ1v) is 33.2. The van der Waals surface area contributed by atoms with Gasteiger partial charge in [0.1, 0.15) is 13.2 Å². The van der Waals surface area contributed by atoms with Gasteiger partial charge in [0.05, 0.1) is 39.9 Å². The maximum absolute atomic E-state index is 13.0. The molecule has 8 nitrogen and oxygen atoms in total. The first-order valence-electron chi connectivity index (χ1n) is 31.7. The molecule has 0 aliphatic heterocycles. The minimum Gasteiger partial charge on any atom is -0.387 e. The highest BCUT2D eigenvalue weighted by Crippen LogP contribution is 2.43. The van der Waals surface area contributed by atoms with Crippen molar-refractivity contribution in [2.24, 2.45) is 0 Å². The lowest BCUT2D eigenvalue weighted by molar-refractivity contribution is -0.870. The maximum atomic E-state index is 13.0. The lowest BCUT2D eigenvalue weighted by Gasteiger charge is -2.25. The van der Waals surface area contributed by atoms with Crippen LogP contribution in [0, 0.1) is 0 Å². The van der Waals surface area contributed by atoms with Crippen LogP contribution in [0.25, 0.3) is 0 Å². The van der Waals surface area contributed by atoms with E-state index in [1.807, 2.05) is 27.2 Å². The Bertz CT molecular complexity index is 1220. The standard InChI is InChI=1S/C63H125N2O6P/c1-6-8-10-12-14-16-18-20-22-24-25-26-27-28-29-30-31-32-33-34-35-36-37-38-39-41-43-45-47-49-51-53-55-57-63(67)64-61(60-71-72(68,69)70-59-58-65(3,4)5)62(66)56-54-52-50-48-46-44-42-40-23-21-19-17-15-13-11-9-7-2/h28-29,54,56,61-62,66H,6-27,30-53,55,57-60H2,1-5H3,(H-,64,67,68,69)/p+1/b29-28-,56-54+. The smallest absolute Gasteiger partial charge is 0.387 e. The molecule has 0 aliphatic rings. The van der Waals surface area contributed by atoms with Crippen molar-refractivity contribution in [1.82, 2.24) is 5.32 Å². The van der Waals surface area contributed by atoms with E-state index >= 15 is 0 Å². The fraction of sp³-hybridized carbons (Fsp3) is 0.921. The van der Waals surface area contributed by atoms with E-state index < -0.39 is 20.0 Å². The largest absolute Gasteiger partial charge is 0.472 e. The van der Waals surface area contributed by atoms with E-state index in [1.165, 1.54) is 270 Å². The zero-order valence-corrected chi connectivity index (χ0v) is 49.8. The minimum atomic E-state index is -4.34. The summed E-state index contributed by atoms with van der Waals surface area (Å²) in [5.74, 6) is -0.171. The van der Waals surface area contributed by atoms with Gasteiger partial charge in [-0.3, -0.25) is 13.8 Å². The molecule has 0 aromatic carbocycles. The van der Waals surface area contributed by atoms with Gasteiger partial charge in [0, 0.05) is 6.42 Å². The number of carbonyl (C=O) groups is 1. The Balaban J connectivity index is 4.01. The van der Waals surface area contributed by atoms with E-state index in [4.69, 9.17) is 9.05 Å². The number of rotatable bonds is 59. The number of carbonyl (C=O) groups excluding carboxylic acids is 1. The molecule has 0 aromatic heterocycles. The van der Waals surface area contributed by atoms with Crippen molar-refractivity contribution in [2.45, 2.75) is 334 Å². The number of phosphoric acid groups is 1. The average molecular weight is 1040 g/mol. The average Bonchev–Trinajstić information content (AvgIpc) is 3.34. The molecule has 0 aliphatic carbocycles. The zero-order chi connectivity index (χ0) is 52.7. The van der Waals surface area contributed by atoms with Gasteiger partial charge >= 0.3 is 7.82 Å². The van der Waals surface area contributed by atoms with Gasteiger partial charge in [-0.1, -0.05) is 295 Å². The van der Waals surface area contributed by atoms with Crippen LogP contribution in [0.1, 0.15) is 322 Å². The number of amides is 1. The Kier molecular flexibility index (Phi) is 54.0. The number of likely N-dealkylation sites (N-methyl/N-ethyl adjacent to an activating group) is 1. The van der Waals surface area contributed by atoms with Gasteiger partial charge in [0.25, 0.3) is 0 Å². The van der Waals surface area contributed by atoms with E-state index in [1.54, 1.807) is 6.08 Å². The number of phosphoric ester groups is 1. The summed E-state index contributed by atoms with van der Waals surface area (Å²) in [4.78, 5) is 23.3. The molecule has 3 atom stereocenters. The molecule has 9 heteroatoms. The second-order valence-corrected chi connectivity index (χ2v) is 24.6. The highest BCUT2D eigenvalue weighted by Gasteiger charge is 2.28. The van der Waals surface area contributed by atoms with E-state index in [0.717, 1.165) is 32.1 Å². The zero-order valence-electron chi connectivity index (χ0n) is 48.9. The second-order valence-electron chi connectivity index (χ2n) is 23.1. The summed E-state index contributed by atoms with van der Waals surface area (Å²) in [7, 11) is 1.59. The number of nitrogens with one attached hydrogen (secondary N) is 1. The molecule has 428 valence electrons. The topological polar surface area (TPSA) is 105 Å². The molecule has 3 N–H and O–H groups in total. The molecule has 0 fully saturated rings. The third kappa shape index (κ3) is 56.7. The number of aliphatic hydroxyl groups excluding tert-OH is 1. The predicted molar refractivity (Wildman–Crippen MR) is 314 cm³/mol. The van der Waals surface area contributed by atoms with E-state index in [2.05, 4.69) is 31.3 Å². The summed E-state index contributed by atoms with van der Waals surface area (Å²) >= 11 is 0. The fourth-order valence-corrected chi connectivity index (χ4v) is 10.4. The summed E-state index contributed by atoms with van der Waals surface area (Å²) in [5.41, 5.74) is 0. The van der Waals surface area contributed by atoms with Gasteiger partial charge in [0.15, 0.2) is 0 Å². The van der Waals surface area contributed by atoms with Crippen molar-refractivity contribution >= 4 is 13.7 Å². The van der Waals surface area contributed by atoms with Crippen molar-refractivity contribution in [1.29, 1.82) is 0 Å². The highest BCUT2D eigenvalue weighted by atomic mass is 31.2. The lowest BCUT2D eigenvalue weighted by Crippen LogP contribution is -2.45. The summed E-state index contributed by atoms with van der Waals surface area (Å²) in [6.07, 6.45) is 70.2. The third-order valence-electron chi connectivity index (χ3n) is 14.7. The number of hydrogen-bond acceptors (Lipinski definition) is 5. The maximum Gasteiger partial charge on any atom is 0.472 e. The molecule has 0 saturated heterocycles. The Morgan fingerprint density at radius 3 is 1.07 bits per heavy atom. The van der Waals surface area contributed by atoms with Gasteiger partial charge < -0.3 is 19.8 Å². The van der Waals surface area contributed by atoms with Crippen LogP contribution in [0.15, 0.2) is 24.3 Å². The number of allylic oxidation sites excluding steroid dienone is 3. The van der Waals surface area contributed by atoms with Crippen LogP contribution in [-0.2, 0) is 18.4 Å². The number of nitrogens with zero attached hydrogens (tertiary/aromatic N) is 1. The quantitative estimate of drug-likeness (QED) is 0.0243. The Labute approximate surface area is 449 Å². The number of quaternary nitrogens is 1. The van der Waals surface area contributed by atoms with Crippen LogP contribution in [0.5, 0.6) is 0 Å². The normalized spacial score (nSPS) is 13.9. The fourth-order valence-electron chi connectivity index (χ4n) is 9.69. The van der Waals surface area contributed by atoms with Crippen molar-refractivity contribution < 1.29 is 32.9 Å². The Morgan fingerprint density at radius 1 is 0.458 bits per heavy atom. The number of unbranched alkanes of at least 4 members (excludes halogenated alkanes) is 44. The molecule has 3 unspecified atom stereocenters. The molecule has 1 amide bonds. The molecule has 72 heavy (non-hydrogen) atoms. The van der Waals surface area contributed by atoms with Gasteiger partial charge in [-0.15, -0.1) is 0 Å². The second kappa shape index (κ2) is 54.8. The molecule has 0 rings (SSSR count). The van der Waals surface area contributed by atoms with Crippen molar-refractivity contribution in [3.63, 3.8) is 0 Å². The van der Waals surface area contributed by atoms with E-state index in [9.17, 15) is 19.4 Å². The van der Waals surface area contributed by atoms with Crippen LogP contribution in [-0.4, -0.2) is 73.4 Å².